The molecule has 2 N–H and O–H groups in total. The molecule has 144 valence electrons. The second kappa shape index (κ2) is 8.43. The van der Waals surface area contributed by atoms with E-state index in [0.29, 0.717) is 23.0 Å². The molecular formula is C22H16ClN3O2S. The van der Waals surface area contributed by atoms with Crippen LogP contribution in [-0.4, -0.2) is 16.0 Å². The number of rotatable bonds is 4. The molecule has 0 aliphatic rings. The van der Waals surface area contributed by atoms with Gasteiger partial charge in [-0.15, -0.1) is 0 Å². The minimum Gasteiger partial charge on any atom is -0.436 e. The molecule has 0 aliphatic carbocycles. The van der Waals surface area contributed by atoms with Gasteiger partial charge < -0.3 is 9.73 Å². The van der Waals surface area contributed by atoms with Crippen molar-refractivity contribution in [2.45, 2.75) is 6.54 Å². The number of oxazole rings is 1. The lowest BCUT2D eigenvalue weighted by Crippen LogP contribution is -2.38. The average Bonchev–Trinajstić information content (AvgIpc) is 3.17. The number of para-hydroxylation sites is 2. The fraction of sp³-hybridized carbons (Fsp3) is 0.0455. The van der Waals surface area contributed by atoms with Crippen LogP contribution in [0, 0.1) is 0 Å². The van der Waals surface area contributed by atoms with Crippen molar-refractivity contribution in [2.75, 3.05) is 0 Å². The summed E-state index contributed by atoms with van der Waals surface area (Å²) >= 11 is 11.0. The quantitative estimate of drug-likeness (QED) is 0.456. The number of benzene rings is 3. The number of carbonyl (C=O) groups is 1. The molecule has 4 aromatic rings. The summed E-state index contributed by atoms with van der Waals surface area (Å²) in [4.78, 5) is 16.6. The Labute approximate surface area is 177 Å². The lowest BCUT2D eigenvalue weighted by Gasteiger charge is -2.10. The van der Waals surface area contributed by atoms with Gasteiger partial charge in [-0.2, -0.15) is 0 Å². The van der Waals surface area contributed by atoms with Crippen LogP contribution in [0.2, 0.25) is 5.02 Å². The minimum absolute atomic E-state index is 0.257. The standard InChI is InChI=1S/C22H16ClN3O2S/c23-17-11-9-15(10-12-17)20(27)26-22(29)24-13-14-5-7-16(8-6-14)21-25-18-3-1-2-4-19(18)28-21/h1-12H,13H2,(H2,24,26,27,29). The third-order valence-corrected chi connectivity index (χ3v) is 4.78. The van der Waals surface area contributed by atoms with Crippen LogP contribution in [0.1, 0.15) is 15.9 Å². The van der Waals surface area contributed by atoms with E-state index in [4.69, 9.17) is 28.2 Å². The second-order valence-electron chi connectivity index (χ2n) is 6.33. The maximum atomic E-state index is 12.2. The zero-order valence-electron chi connectivity index (χ0n) is 15.2. The summed E-state index contributed by atoms with van der Waals surface area (Å²) in [6.45, 7) is 0.480. The zero-order chi connectivity index (χ0) is 20.2. The number of fused-ring (bicyclic) bond motifs is 1. The summed E-state index contributed by atoms with van der Waals surface area (Å²) in [7, 11) is 0. The number of halogens is 1. The van der Waals surface area contributed by atoms with Gasteiger partial charge in [-0.3, -0.25) is 10.1 Å². The Bertz CT molecular complexity index is 1140. The van der Waals surface area contributed by atoms with Crippen molar-refractivity contribution in [1.29, 1.82) is 0 Å². The number of thiocarbonyl (C=S) groups is 1. The average molecular weight is 422 g/mol. The zero-order valence-corrected chi connectivity index (χ0v) is 16.8. The Kier molecular flexibility index (Phi) is 5.55. The minimum atomic E-state index is -0.287. The summed E-state index contributed by atoms with van der Waals surface area (Å²) in [5, 5.41) is 6.51. The lowest BCUT2D eigenvalue weighted by molar-refractivity contribution is 0.0976. The Morgan fingerprint density at radius 3 is 2.45 bits per heavy atom. The van der Waals surface area contributed by atoms with E-state index in [9.17, 15) is 4.79 Å². The van der Waals surface area contributed by atoms with Gasteiger partial charge in [-0.1, -0.05) is 35.9 Å². The molecule has 0 atom stereocenters. The number of nitrogens with one attached hydrogen (secondary N) is 2. The molecule has 3 aromatic carbocycles. The van der Waals surface area contributed by atoms with Gasteiger partial charge in [-0.05, 0) is 66.3 Å². The van der Waals surface area contributed by atoms with Crippen LogP contribution in [0.5, 0.6) is 0 Å². The highest BCUT2D eigenvalue weighted by atomic mass is 35.5. The fourth-order valence-corrected chi connectivity index (χ4v) is 3.05. The smallest absolute Gasteiger partial charge is 0.257 e. The highest BCUT2D eigenvalue weighted by Crippen LogP contribution is 2.24. The van der Waals surface area contributed by atoms with Crippen molar-refractivity contribution in [1.82, 2.24) is 15.6 Å². The van der Waals surface area contributed by atoms with Gasteiger partial charge in [0.05, 0.1) is 0 Å². The molecule has 1 aromatic heterocycles. The fourth-order valence-electron chi connectivity index (χ4n) is 2.76. The van der Waals surface area contributed by atoms with Gasteiger partial charge in [-0.25, -0.2) is 4.98 Å². The first-order valence-corrected chi connectivity index (χ1v) is 9.67. The molecule has 0 spiro atoms. The van der Waals surface area contributed by atoms with Crippen molar-refractivity contribution in [3.05, 3.63) is 88.9 Å². The van der Waals surface area contributed by atoms with E-state index in [2.05, 4.69) is 15.6 Å². The molecule has 0 unspecified atom stereocenters. The van der Waals surface area contributed by atoms with E-state index in [1.807, 2.05) is 48.5 Å². The van der Waals surface area contributed by atoms with Crippen LogP contribution in [0.3, 0.4) is 0 Å². The van der Waals surface area contributed by atoms with E-state index < -0.39 is 0 Å². The molecule has 5 nitrogen and oxygen atoms in total. The van der Waals surface area contributed by atoms with Crippen LogP contribution in [0.4, 0.5) is 0 Å². The predicted molar refractivity (Wildman–Crippen MR) is 118 cm³/mol. The monoisotopic (exact) mass is 421 g/mol. The van der Waals surface area contributed by atoms with Crippen LogP contribution in [-0.2, 0) is 6.54 Å². The number of carbonyl (C=O) groups excluding carboxylic acids is 1. The Hall–Kier alpha value is -3.22. The first-order chi connectivity index (χ1) is 14.1. The van der Waals surface area contributed by atoms with E-state index in [1.165, 1.54) is 0 Å². The third-order valence-electron chi connectivity index (χ3n) is 4.28. The van der Waals surface area contributed by atoms with E-state index in [1.54, 1.807) is 24.3 Å². The summed E-state index contributed by atoms with van der Waals surface area (Å²) in [5.74, 6) is 0.293. The molecule has 0 radical (unpaired) electrons. The van der Waals surface area contributed by atoms with Gasteiger partial charge in [0, 0.05) is 22.7 Å². The van der Waals surface area contributed by atoms with Gasteiger partial charge in [0.25, 0.3) is 5.91 Å². The maximum Gasteiger partial charge on any atom is 0.257 e. The van der Waals surface area contributed by atoms with Crippen molar-refractivity contribution in [3.8, 4) is 11.5 Å². The number of aromatic nitrogens is 1. The molecule has 0 aliphatic heterocycles. The van der Waals surface area contributed by atoms with Crippen molar-refractivity contribution < 1.29 is 9.21 Å². The van der Waals surface area contributed by atoms with Crippen molar-refractivity contribution in [2.24, 2.45) is 0 Å². The first-order valence-electron chi connectivity index (χ1n) is 8.88. The van der Waals surface area contributed by atoms with Gasteiger partial charge >= 0.3 is 0 Å². The largest absolute Gasteiger partial charge is 0.436 e. The Morgan fingerprint density at radius 1 is 1.00 bits per heavy atom. The highest BCUT2D eigenvalue weighted by Gasteiger charge is 2.09. The first kappa shape index (κ1) is 19.1. The molecular weight excluding hydrogens is 406 g/mol. The lowest BCUT2D eigenvalue weighted by atomic mass is 10.1. The van der Waals surface area contributed by atoms with Crippen molar-refractivity contribution >= 4 is 45.9 Å². The van der Waals surface area contributed by atoms with Gasteiger partial charge in [0.2, 0.25) is 5.89 Å². The van der Waals surface area contributed by atoms with Crippen LogP contribution >= 0.6 is 23.8 Å². The van der Waals surface area contributed by atoms with E-state index in [0.717, 1.165) is 22.2 Å². The highest BCUT2D eigenvalue weighted by molar-refractivity contribution is 7.80. The second-order valence-corrected chi connectivity index (χ2v) is 7.17. The molecule has 29 heavy (non-hydrogen) atoms. The molecule has 0 saturated heterocycles. The molecule has 1 amide bonds. The van der Waals surface area contributed by atoms with Crippen LogP contribution in [0.25, 0.3) is 22.6 Å². The Balaban J connectivity index is 1.34. The summed E-state index contributed by atoms with van der Waals surface area (Å²) in [5.41, 5.74) is 3.97. The summed E-state index contributed by atoms with van der Waals surface area (Å²) in [6, 6.07) is 22.1. The summed E-state index contributed by atoms with van der Waals surface area (Å²) in [6.07, 6.45) is 0. The van der Waals surface area contributed by atoms with Gasteiger partial charge in [0.15, 0.2) is 10.7 Å². The molecule has 4 rings (SSSR count). The molecule has 1 heterocycles. The molecule has 7 heteroatoms. The molecule has 0 fully saturated rings. The number of amides is 1. The SMILES string of the molecule is O=C(NC(=S)NCc1ccc(-c2nc3ccccc3o2)cc1)c1ccc(Cl)cc1. The third kappa shape index (κ3) is 4.62. The topological polar surface area (TPSA) is 67.2 Å². The predicted octanol–water partition coefficient (Wildman–Crippen LogP) is 4.95. The number of hydrogen-bond acceptors (Lipinski definition) is 4. The van der Waals surface area contributed by atoms with Crippen LogP contribution < -0.4 is 10.6 Å². The van der Waals surface area contributed by atoms with E-state index >= 15 is 0 Å². The van der Waals surface area contributed by atoms with Crippen LogP contribution in [0.15, 0.2) is 77.2 Å². The normalized spacial score (nSPS) is 10.7. The Morgan fingerprint density at radius 2 is 1.72 bits per heavy atom. The van der Waals surface area contributed by atoms with Crippen molar-refractivity contribution in [3.63, 3.8) is 0 Å². The summed E-state index contributed by atoms with van der Waals surface area (Å²) < 4.78 is 5.78. The molecule has 0 bridgehead atoms. The maximum absolute atomic E-state index is 12.2. The van der Waals surface area contributed by atoms with Gasteiger partial charge in [0.1, 0.15) is 5.52 Å². The number of hydrogen-bond donors (Lipinski definition) is 2. The van der Waals surface area contributed by atoms with E-state index in [-0.39, 0.29) is 11.0 Å². The molecule has 0 saturated carbocycles. The number of nitrogens with zero attached hydrogens (tertiary/aromatic N) is 1.